The van der Waals surface area contributed by atoms with Gasteiger partial charge in [-0.3, -0.25) is 0 Å². The SMILES string of the molecule is CCCCCC1CCC(C2CCC(c3ccc(CC)cc3)C(C)C2)CC1. The predicted octanol–water partition coefficient (Wildman–Crippen LogP) is 8.16. The van der Waals surface area contributed by atoms with Crippen molar-refractivity contribution in [2.45, 2.75) is 104 Å². The largest absolute Gasteiger partial charge is 0.0654 e. The fourth-order valence-corrected chi connectivity index (χ4v) is 5.99. The lowest BCUT2D eigenvalue weighted by molar-refractivity contribution is 0.130. The summed E-state index contributed by atoms with van der Waals surface area (Å²) in [6.07, 6.45) is 17.5. The average Bonchev–Trinajstić information content (AvgIpc) is 2.69. The van der Waals surface area contributed by atoms with Crippen molar-refractivity contribution in [1.29, 1.82) is 0 Å². The van der Waals surface area contributed by atoms with E-state index in [1.165, 1.54) is 76.2 Å². The Morgan fingerprint density at radius 3 is 2.12 bits per heavy atom. The molecule has 2 fully saturated rings. The lowest BCUT2D eigenvalue weighted by atomic mass is 9.64. The average molecular weight is 355 g/mol. The van der Waals surface area contributed by atoms with Crippen molar-refractivity contribution in [3.63, 3.8) is 0 Å². The van der Waals surface area contributed by atoms with Gasteiger partial charge in [0.2, 0.25) is 0 Å². The third-order valence-corrected chi connectivity index (χ3v) is 7.80. The van der Waals surface area contributed by atoms with Gasteiger partial charge in [0.1, 0.15) is 0 Å². The van der Waals surface area contributed by atoms with E-state index in [9.17, 15) is 0 Å². The Kier molecular flexibility index (Phi) is 7.64. The molecule has 26 heavy (non-hydrogen) atoms. The van der Waals surface area contributed by atoms with Crippen LogP contribution in [-0.2, 0) is 6.42 Å². The smallest absolute Gasteiger partial charge is 0.0136 e. The Bertz CT molecular complexity index is 505. The van der Waals surface area contributed by atoms with Crippen molar-refractivity contribution in [2.75, 3.05) is 0 Å². The molecule has 3 unspecified atom stereocenters. The van der Waals surface area contributed by atoms with Gasteiger partial charge < -0.3 is 0 Å². The predicted molar refractivity (Wildman–Crippen MR) is 115 cm³/mol. The molecule has 1 aromatic rings. The lowest BCUT2D eigenvalue weighted by Crippen LogP contribution is -2.29. The summed E-state index contributed by atoms with van der Waals surface area (Å²) >= 11 is 0. The van der Waals surface area contributed by atoms with Gasteiger partial charge in [-0.05, 0) is 79.2 Å². The van der Waals surface area contributed by atoms with Gasteiger partial charge in [-0.1, -0.05) is 83.6 Å². The van der Waals surface area contributed by atoms with E-state index in [4.69, 9.17) is 0 Å². The summed E-state index contributed by atoms with van der Waals surface area (Å²) in [6.45, 7) is 7.11. The van der Waals surface area contributed by atoms with E-state index >= 15 is 0 Å². The van der Waals surface area contributed by atoms with Crippen LogP contribution in [-0.4, -0.2) is 0 Å². The molecule has 0 heteroatoms. The van der Waals surface area contributed by atoms with Gasteiger partial charge in [0.25, 0.3) is 0 Å². The normalized spacial score (nSPS) is 32.5. The number of aryl methyl sites for hydroxylation is 1. The molecular formula is C26H42. The third-order valence-electron chi connectivity index (χ3n) is 7.80. The van der Waals surface area contributed by atoms with Crippen LogP contribution in [0.1, 0.15) is 108 Å². The summed E-state index contributed by atoms with van der Waals surface area (Å²) in [7, 11) is 0. The molecule has 0 aromatic heterocycles. The first-order valence-corrected chi connectivity index (χ1v) is 11.8. The van der Waals surface area contributed by atoms with E-state index in [1.807, 2.05) is 0 Å². The van der Waals surface area contributed by atoms with Crippen LogP contribution in [0.25, 0.3) is 0 Å². The second kappa shape index (κ2) is 9.95. The summed E-state index contributed by atoms with van der Waals surface area (Å²) < 4.78 is 0. The minimum Gasteiger partial charge on any atom is -0.0654 e. The third kappa shape index (κ3) is 5.14. The number of benzene rings is 1. The van der Waals surface area contributed by atoms with E-state index in [0.29, 0.717) is 0 Å². The maximum atomic E-state index is 2.53. The van der Waals surface area contributed by atoms with Gasteiger partial charge in [0.05, 0.1) is 0 Å². The van der Waals surface area contributed by atoms with E-state index in [2.05, 4.69) is 45.0 Å². The zero-order valence-corrected chi connectivity index (χ0v) is 17.7. The van der Waals surface area contributed by atoms with Crippen LogP contribution in [0.5, 0.6) is 0 Å². The fourth-order valence-electron chi connectivity index (χ4n) is 5.99. The van der Waals surface area contributed by atoms with E-state index < -0.39 is 0 Å². The van der Waals surface area contributed by atoms with Crippen molar-refractivity contribution in [2.24, 2.45) is 23.7 Å². The summed E-state index contributed by atoms with van der Waals surface area (Å²) in [5.74, 6) is 4.80. The molecule has 1 aromatic carbocycles. The Morgan fingerprint density at radius 2 is 1.50 bits per heavy atom. The standard InChI is InChI=1S/C26H42/c1-4-6-7-8-22-11-13-23(14-12-22)25-17-18-26(20(3)19-25)24-15-9-21(5-2)10-16-24/h9-10,15-16,20,22-23,25-26H,4-8,11-14,17-19H2,1-3H3. The topological polar surface area (TPSA) is 0 Å². The van der Waals surface area contributed by atoms with Crippen LogP contribution in [0, 0.1) is 23.7 Å². The molecule has 0 nitrogen and oxygen atoms in total. The van der Waals surface area contributed by atoms with Crippen LogP contribution in [0.15, 0.2) is 24.3 Å². The molecule has 3 rings (SSSR count). The first-order valence-electron chi connectivity index (χ1n) is 11.8. The first-order chi connectivity index (χ1) is 12.7. The van der Waals surface area contributed by atoms with Crippen molar-refractivity contribution >= 4 is 0 Å². The first kappa shape index (κ1) is 20.0. The molecule has 0 N–H and O–H groups in total. The van der Waals surface area contributed by atoms with Crippen LogP contribution in [0.2, 0.25) is 0 Å². The number of hydrogen-bond donors (Lipinski definition) is 0. The molecule has 2 aliphatic carbocycles. The number of rotatable bonds is 7. The molecule has 0 saturated heterocycles. The Labute approximate surface area is 163 Å². The van der Waals surface area contributed by atoms with Crippen molar-refractivity contribution in [3.05, 3.63) is 35.4 Å². The molecule has 3 atom stereocenters. The minimum absolute atomic E-state index is 0.808. The molecule has 0 radical (unpaired) electrons. The molecule has 146 valence electrons. The monoisotopic (exact) mass is 354 g/mol. The zero-order valence-electron chi connectivity index (χ0n) is 17.7. The molecule has 0 bridgehead atoms. The highest BCUT2D eigenvalue weighted by molar-refractivity contribution is 5.26. The van der Waals surface area contributed by atoms with Gasteiger partial charge in [-0.2, -0.15) is 0 Å². The summed E-state index contributed by atoms with van der Waals surface area (Å²) in [5, 5.41) is 0. The maximum Gasteiger partial charge on any atom is -0.0136 e. The van der Waals surface area contributed by atoms with Crippen molar-refractivity contribution in [3.8, 4) is 0 Å². The lowest BCUT2D eigenvalue weighted by Gasteiger charge is -2.41. The minimum atomic E-state index is 0.808. The molecular weight excluding hydrogens is 312 g/mol. The van der Waals surface area contributed by atoms with Gasteiger partial charge in [-0.25, -0.2) is 0 Å². The maximum absolute atomic E-state index is 2.53. The Morgan fingerprint density at radius 1 is 0.808 bits per heavy atom. The Hall–Kier alpha value is -0.780. The second-order valence-electron chi connectivity index (χ2n) is 9.53. The van der Waals surface area contributed by atoms with Crippen molar-refractivity contribution in [1.82, 2.24) is 0 Å². The van der Waals surface area contributed by atoms with E-state index in [0.717, 1.165) is 36.0 Å². The molecule has 0 heterocycles. The molecule has 2 aliphatic rings. The van der Waals surface area contributed by atoms with Crippen molar-refractivity contribution < 1.29 is 0 Å². The van der Waals surface area contributed by atoms with Gasteiger partial charge in [-0.15, -0.1) is 0 Å². The van der Waals surface area contributed by atoms with Crippen LogP contribution < -0.4 is 0 Å². The van der Waals surface area contributed by atoms with Crippen LogP contribution in [0.3, 0.4) is 0 Å². The van der Waals surface area contributed by atoms with E-state index in [-0.39, 0.29) is 0 Å². The molecule has 0 aliphatic heterocycles. The summed E-state index contributed by atoms with van der Waals surface area (Å²) in [5.41, 5.74) is 3.08. The highest BCUT2D eigenvalue weighted by Crippen LogP contribution is 2.46. The van der Waals surface area contributed by atoms with Gasteiger partial charge in [0, 0.05) is 0 Å². The molecule has 0 amide bonds. The van der Waals surface area contributed by atoms with Gasteiger partial charge >= 0.3 is 0 Å². The molecule has 2 saturated carbocycles. The van der Waals surface area contributed by atoms with E-state index in [1.54, 1.807) is 5.56 Å². The number of hydrogen-bond acceptors (Lipinski definition) is 0. The highest BCUT2D eigenvalue weighted by atomic mass is 14.4. The van der Waals surface area contributed by atoms with Gasteiger partial charge in [0.15, 0.2) is 0 Å². The van der Waals surface area contributed by atoms with Crippen LogP contribution in [0.4, 0.5) is 0 Å². The quantitative estimate of drug-likeness (QED) is 0.433. The fraction of sp³-hybridized carbons (Fsp3) is 0.769. The second-order valence-corrected chi connectivity index (χ2v) is 9.53. The number of unbranched alkanes of at least 4 members (excludes halogenated alkanes) is 2. The summed E-state index contributed by atoms with van der Waals surface area (Å²) in [6, 6.07) is 9.55. The Balaban J connectivity index is 1.46. The van der Waals surface area contributed by atoms with Crippen LogP contribution >= 0.6 is 0 Å². The molecule has 0 spiro atoms. The summed E-state index contributed by atoms with van der Waals surface area (Å²) in [4.78, 5) is 0. The zero-order chi connectivity index (χ0) is 18.4. The highest BCUT2D eigenvalue weighted by Gasteiger charge is 2.34.